The first-order valence-corrected chi connectivity index (χ1v) is 12.0. The van der Waals surface area contributed by atoms with Gasteiger partial charge in [0.05, 0.1) is 12.7 Å². The van der Waals surface area contributed by atoms with Gasteiger partial charge < -0.3 is 9.84 Å². The van der Waals surface area contributed by atoms with Crippen LogP contribution in [0.2, 0.25) is 0 Å². The summed E-state index contributed by atoms with van der Waals surface area (Å²) in [6.07, 6.45) is 12.0. The molecule has 0 aromatic carbocycles. The van der Waals surface area contributed by atoms with Crippen LogP contribution in [-0.2, 0) is 14.3 Å². The average molecular weight is 415 g/mol. The fraction of sp³-hybridized carbons (Fsp3) is 0.769. The number of aliphatic hydroxyl groups is 1. The van der Waals surface area contributed by atoms with Crippen LogP contribution in [0.25, 0.3) is 0 Å². The predicted octanol–water partition coefficient (Wildman–Crippen LogP) is 4.86. The van der Waals surface area contributed by atoms with E-state index in [0.29, 0.717) is 49.0 Å². The van der Waals surface area contributed by atoms with E-state index in [1.165, 1.54) is 12.0 Å². The number of allylic oxidation sites excluding steroid dienone is 1. The number of aliphatic hydroxyl groups excluding tert-OH is 1. The molecule has 0 heterocycles. The first kappa shape index (κ1) is 21.8. The zero-order chi connectivity index (χ0) is 21.7. The van der Waals surface area contributed by atoms with Crippen LogP contribution in [0.5, 0.6) is 0 Å². The van der Waals surface area contributed by atoms with Gasteiger partial charge in [0.1, 0.15) is 0 Å². The normalized spacial score (nSPS) is 44.1. The van der Waals surface area contributed by atoms with Crippen LogP contribution in [0.15, 0.2) is 23.8 Å². The largest absolute Gasteiger partial charge is 0.463 e. The lowest BCUT2D eigenvalue weighted by molar-refractivity contribution is -0.137. The van der Waals surface area contributed by atoms with Gasteiger partial charge in [0.15, 0.2) is 5.78 Å². The summed E-state index contributed by atoms with van der Waals surface area (Å²) in [5, 5.41) is 11.2. The molecule has 0 aromatic rings. The number of fused-ring (bicyclic) bond motifs is 5. The van der Waals surface area contributed by atoms with Gasteiger partial charge >= 0.3 is 5.97 Å². The molecule has 8 atom stereocenters. The van der Waals surface area contributed by atoms with Gasteiger partial charge in [-0.15, -0.1) is 0 Å². The molecule has 3 saturated carbocycles. The number of ether oxygens (including phenoxy) is 1. The third-order valence-electron chi connectivity index (χ3n) is 9.51. The van der Waals surface area contributed by atoms with Crippen molar-refractivity contribution in [1.29, 1.82) is 0 Å². The van der Waals surface area contributed by atoms with Crippen molar-refractivity contribution in [3.8, 4) is 0 Å². The standard InChI is InChI=1S/C26H38O4/c1-5-30-23(29)9-6-16(2)19-7-8-20-24-21(11-13-26(19,20)4)25(3)12-10-18(27)14-17(25)15-22(24)28/h6,9,14,16,19-22,24,28H,5,7-8,10-13,15H2,1-4H3/b9-6+/t16-,19?,20?,21?,22+,24?,25+,26-/m1/s1. The van der Waals surface area contributed by atoms with Crippen LogP contribution in [0.3, 0.4) is 0 Å². The minimum absolute atomic E-state index is 0.0760. The second-order valence-corrected chi connectivity index (χ2v) is 10.8. The molecule has 4 rings (SSSR count). The van der Waals surface area contributed by atoms with Gasteiger partial charge in [-0.05, 0) is 91.9 Å². The third-order valence-corrected chi connectivity index (χ3v) is 9.51. The highest BCUT2D eigenvalue weighted by atomic mass is 16.5. The third kappa shape index (κ3) is 3.39. The molecule has 4 heteroatoms. The minimum atomic E-state index is -0.339. The zero-order valence-corrected chi connectivity index (χ0v) is 19.0. The summed E-state index contributed by atoms with van der Waals surface area (Å²) in [5.74, 6) is 2.14. The van der Waals surface area contributed by atoms with Crippen molar-refractivity contribution in [2.24, 2.45) is 40.4 Å². The van der Waals surface area contributed by atoms with Crippen molar-refractivity contribution < 1.29 is 19.4 Å². The highest BCUT2D eigenvalue weighted by Gasteiger charge is 2.61. The van der Waals surface area contributed by atoms with Crippen molar-refractivity contribution >= 4 is 11.8 Å². The van der Waals surface area contributed by atoms with Gasteiger partial charge in [-0.2, -0.15) is 0 Å². The van der Waals surface area contributed by atoms with Crippen molar-refractivity contribution in [2.45, 2.75) is 78.7 Å². The number of ketones is 1. The maximum absolute atomic E-state index is 12.0. The molecule has 0 bridgehead atoms. The molecular weight excluding hydrogens is 376 g/mol. The Kier molecular flexibility index (Phi) is 5.76. The zero-order valence-electron chi connectivity index (χ0n) is 19.0. The van der Waals surface area contributed by atoms with E-state index < -0.39 is 0 Å². The topological polar surface area (TPSA) is 63.6 Å². The van der Waals surface area contributed by atoms with Crippen molar-refractivity contribution in [2.75, 3.05) is 6.61 Å². The molecule has 0 aliphatic heterocycles. The lowest BCUT2D eigenvalue weighted by Crippen LogP contribution is -2.55. The van der Waals surface area contributed by atoms with Crippen LogP contribution >= 0.6 is 0 Å². The Morgan fingerprint density at radius 3 is 2.77 bits per heavy atom. The Labute approximate surface area is 181 Å². The van der Waals surface area contributed by atoms with Crippen molar-refractivity contribution in [1.82, 2.24) is 0 Å². The molecule has 0 spiro atoms. The molecule has 166 valence electrons. The van der Waals surface area contributed by atoms with Crippen molar-refractivity contribution in [3.05, 3.63) is 23.8 Å². The van der Waals surface area contributed by atoms with Gasteiger partial charge in [-0.25, -0.2) is 4.79 Å². The summed E-state index contributed by atoms with van der Waals surface area (Å²) < 4.78 is 5.05. The fourth-order valence-corrected chi connectivity index (χ4v) is 7.99. The van der Waals surface area contributed by atoms with Gasteiger partial charge in [0.2, 0.25) is 0 Å². The summed E-state index contributed by atoms with van der Waals surface area (Å²) in [7, 11) is 0. The summed E-state index contributed by atoms with van der Waals surface area (Å²) in [4.78, 5) is 23.8. The van der Waals surface area contributed by atoms with Gasteiger partial charge in [-0.3, -0.25) is 4.79 Å². The molecule has 4 nitrogen and oxygen atoms in total. The second kappa shape index (κ2) is 7.93. The molecule has 0 aromatic heterocycles. The van der Waals surface area contributed by atoms with Crippen molar-refractivity contribution in [3.63, 3.8) is 0 Å². The Hall–Kier alpha value is -1.42. The minimum Gasteiger partial charge on any atom is -0.463 e. The molecule has 0 saturated heterocycles. The highest BCUT2D eigenvalue weighted by molar-refractivity contribution is 5.91. The van der Waals surface area contributed by atoms with E-state index in [9.17, 15) is 14.7 Å². The van der Waals surface area contributed by atoms with E-state index >= 15 is 0 Å². The van der Waals surface area contributed by atoms with E-state index in [1.807, 2.05) is 19.1 Å². The molecule has 3 fully saturated rings. The smallest absolute Gasteiger partial charge is 0.330 e. The van der Waals surface area contributed by atoms with E-state index in [0.717, 1.165) is 25.7 Å². The Morgan fingerprint density at radius 2 is 2.03 bits per heavy atom. The quantitative estimate of drug-likeness (QED) is 0.527. The van der Waals surface area contributed by atoms with Gasteiger partial charge in [0.25, 0.3) is 0 Å². The Bertz CT molecular complexity index is 767. The SMILES string of the molecule is CCOC(=O)/C=C/[C@@H](C)C1CCC2C3C(CC[C@@]21C)[C@@]1(C)CCC(=O)C=C1C[C@@H]3O. The number of carbonyl (C=O) groups excluding carboxylic acids is 2. The first-order valence-electron chi connectivity index (χ1n) is 12.0. The molecule has 0 amide bonds. The second-order valence-electron chi connectivity index (χ2n) is 10.8. The van der Waals surface area contributed by atoms with Crippen LogP contribution in [0.1, 0.15) is 72.6 Å². The van der Waals surface area contributed by atoms with Gasteiger partial charge in [0, 0.05) is 12.5 Å². The predicted molar refractivity (Wildman–Crippen MR) is 117 cm³/mol. The molecule has 4 unspecified atom stereocenters. The number of hydrogen-bond donors (Lipinski definition) is 1. The van der Waals surface area contributed by atoms with E-state index in [4.69, 9.17) is 4.74 Å². The summed E-state index contributed by atoms with van der Waals surface area (Å²) in [6.45, 7) is 9.25. The van der Waals surface area contributed by atoms with Crippen LogP contribution in [-0.4, -0.2) is 29.6 Å². The number of carbonyl (C=O) groups is 2. The summed E-state index contributed by atoms with van der Waals surface area (Å²) >= 11 is 0. The van der Waals surface area contributed by atoms with E-state index in [1.54, 1.807) is 6.08 Å². The maximum Gasteiger partial charge on any atom is 0.330 e. The number of esters is 1. The van der Waals surface area contributed by atoms with Crippen LogP contribution in [0, 0.1) is 40.4 Å². The van der Waals surface area contributed by atoms with E-state index in [2.05, 4.69) is 20.8 Å². The summed E-state index contributed by atoms with van der Waals surface area (Å²) in [6, 6.07) is 0. The molecule has 30 heavy (non-hydrogen) atoms. The molecular formula is C26H38O4. The average Bonchev–Trinajstić information content (AvgIpc) is 3.05. The lowest BCUT2D eigenvalue weighted by atomic mass is 9.46. The van der Waals surface area contributed by atoms with Gasteiger partial charge in [-0.1, -0.05) is 32.4 Å². The lowest BCUT2D eigenvalue weighted by Gasteiger charge is -2.59. The Balaban J connectivity index is 1.57. The molecule has 0 radical (unpaired) electrons. The molecule has 4 aliphatic rings. The monoisotopic (exact) mass is 414 g/mol. The number of rotatable bonds is 4. The summed E-state index contributed by atoms with van der Waals surface area (Å²) in [5.41, 5.74) is 1.48. The molecule has 1 N–H and O–H groups in total. The number of hydrogen-bond acceptors (Lipinski definition) is 4. The molecule has 4 aliphatic carbocycles. The van der Waals surface area contributed by atoms with Crippen LogP contribution in [0.4, 0.5) is 0 Å². The Morgan fingerprint density at radius 1 is 1.27 bits per heavy atom. The first-order chi connectivity index (χ1) is 14.2. The van der Waals surface area contributed by atoms with E-state index in [-0.39, 0.29) is 28.7 Å². The maximum atomic E-state index is 12.0. The van der Waals surface area contributed by atoms with Crippen LogP contribution < -0.4 is 0 Å². The highest BCUT2D eigenvalue weighted by Crippen LogP contribution is 2.67. The fourth-order valence-electron chi connectivity index (χ4n) is 7.99.